The van der Waals surface area contributed by atoms with E-state index in [2.05, 4.69) is 33.9 Å². The molecule has 0 fully saturated rings. The van der Waals surface area contributed by atoms with Crippen LogP contribution in [-0.2, 0) is 14.0 Å². The van der Waals surface area contributed by atoms with Gasteiger partial charge in [-0.3, -0.25) is 4.79 Å². The number of carbonyl (C=O) groups is 2. The summed E-state index contributed by atoms with van der Waals surface area (Å²) in [5.74, 6) is 0.0141. The molecule has 0 aliphatic rings. The zero-order valence-corrected chi connectivity index (χ0v) is 16.7. The maximum atomic E-state index is 11.9. The van der Waals surface area contributed by atoms with Crippen LogP contribution in [0.5, 0.6) is 0 Å². The molecule has 0 rings (SSSR count). The molecule has 0 spiro atoms. The minimum atomic E-state index is -1.90. The van der Waals surface area contributed by atoms with Crippen LogP contribution in [0, 0.1) is 0 Å². The van der Waals surface area contributed by atoms with Gasteiger partial charge in [-0.25, -0.2) is 4.79 Å². The molecule has 0 bridgehead atoms. The molecule has 0 aromatic rings. The van der Waals surface area contributed by atoms with Gasteiger partial charge in [-0.1, -0.05) is 20.8 Å². The Bertz CT molecular complexity index is 394. The highest BCUT2D eigenvalue weighted by Crippen LogP contribution is 2.36. The maximum Gasteiger partial charge on any atom is 0.410 e. The Balaban J connectivity index is 4.23. The highest BCUT2D eigenvalue weighted by molar-refractivity contribution is 6.74. The maximum absolute atomic E-state index is 11.9. The predicted octanol–water partition coefficient (Wildman–Crippen LogP) is 3.83. The lowest BCUT2D eigenvalue weighted by Crippen LogP contribution is -2.42. The average Bonchev–Trinajstić information content (AvgIpc) is 2.29. The summed E-state index contributed by atoms with van der Waals surface area (Å²) in [5, 5.41) is 0.0839. The quantitative estimate of drug-likeness (QED) is 0.694. The summed E-state index contributed by atoms with van der Waals surface area (Å²) >= 11 is 0. The molecule has 6 heteroatoms. The molecule has 0 saturated heterocycles. The van der Waals surface area contributed by atoms with E-state index in [4.69, 9.17) is 9.16 Å². The molecule has 0 N–H and O–H groups in total. The van der Waals surface area contributed by atoms with Crippen molar-refractivity contribution in [3.05, 3.63) is 0 Å². The first-order valence-corrected chi connectivity index (χ1v) is 10.7. The van der Waals surface area contributed by atoms with Crippen molar-refractivity contribution in [1.29, 1.82) is 0 Å². The molecule has 22 heavy (non-hydrogen) atoms. The third-order valence-corrected chi connectivity index (χ3v) is 8.31. The topological polar surface area (TPSA) is 55.8 Å². The van der Waals surface area contributed by atoms with E-state index < -0.39 is 20.0 Å². The summed E-state index contributed by atoms with van der Waals surface area (Å²) < 4.78 is 11.1. The van der Waals surface area contributed by atoms with Crippen LogP contribution in [-0.4, -0.2) is 50.9 Å². The van der Waals surface area contributed by atoms with Crippen molar-refractivity contribution < 1.29 is 18.8 Å². The van der Waals surface area contributed by atoms with Crippen molar-refractivity contribution in [2.75, 3.05) is 20.2 Å². The van der Waals surface area contributed by atoms with Gasteiger partial charge >= 0.3 is 6.09 Å². The van der Waals surface area contributed by atoms with Crippen molar-refractivity contribution in [2.24, 2.45) is 0 Å². The molecule has 0 unspecified atom stereocenters. The molecule has 0 aromatic heterocycles. The second-order valence-corrected chi connectivity index (χ2v) is 13.0. The van der Waals surface area contributed by atoms with Crippen LogP contribution in [0.4, 0.5) is 4.79 Å². The largest absolute Gasteiger partial charge is 0.444 e. The number of Topliss-reactive ketones (excluding diaryl/α,β-unsaturated/α-hetero) is 1. The summed E-state index contributed by atoms with van der Waals surface area (Å²) in [6.07, 6.45) is -0.129. The number of hydrogen-bond donors (Lipinski definition) is 0. The fourth-order valence-electron chi connectivity index (χ4n) is 1.27. The molecule has 130 valence electrons. The lowest BCUT2D eigenvalue weighted by atomic mass is 10.2. The van der Waals surface area contributed by atoms with Gasteiger partial charge in [0.25, 0.3) is 0 Å². The summed E-state index contributed by atoms with van der Waals surface area (Å²) in [6.45, 7) is 16.6. The first-order valence-electron chi connectivity index (χ1n) is 7.75. The first kappa shape index (κ1) is 21.1. The van der Waals surface area contributed by atoms with E-state index in [1.165, 1.54) is 4.90 Å². The fourth-order valence-corrected chi connectivity index (χ4v) is 2.23. The summed E-state index contributed by atoms with van der Waals surface area (Å²) in [7, 11) is -0.269. The zero-order valence-electron chi connectivity index (χ0n) is 15.7. The highest BCUT2D eigenvalue weighted by atomic mass is 28.4. The smallest absolute Gasteiger partial charge is 0.410 e. The van der Waals surface area contributed by atoms with Crippen molar-refractivity contribution >= 4 is 20.2 Å². The van der Waals surface area contributed by atoms with Gasteiger partial charge in [0.15, 0.2) is 14.1 Å². The second-order valence-electron chi connectivity index (χ2n) is 8.24. The number of ketones is 1. The minimum Gasteiger partial charge on any atom is -0.444 e. The van der Waals surface area contributed by atoms with Crippen LogP contribution in [0.1, 0.15) is 48.0 Å². The zero-order chi connectivity index (χ0) is 17.8. The molecular formula is C16H33NO4Si. The Kier molecular flexibility index (Phi) is 7.29. The van der Waals surface area contributed by atoms with E-state index in [1.54, 1.807) is 7.05 Å². The monoisotopic (exact) mass is 331 g/mol. The van der Waals surface area contributed by atoms with E-state index in [9.17, 15) is 9.59 Å². The minimum absolute atomic E-state index is 0.0141. The molecule has 0 atom stereocenters. The third kappa shape index (κ3) is 7.94. The molecule has 0 radical (unpaired) electrons. The van der Waals surface area contributed by atoms with E-state index in [-0.39, 0.29) is 23.8 Å². The van der Waals surface area contributed by atoms with Crippen LogP contribution in [0.3, 0.4) is 0 Å². The van der Waals surface area contributed by atoms with E-state index in [0.29, 0.717) is 6.54 Å². The van der Waals surface area contributed by atoms with Crippen molar-refractivity contribution in [3.63, 3.8) is 0 Å². The molecule has 5 nitrogen and oxygen atoms in total. The molecule has 0 aliphatic heterocycles. The van der Waals surface area contributed by atoms with Gasteiger partial charge in [0.2, 0.25) is 0 Å². The lowest BCUT2D eigenvalue weighted by molar-refractivity contribution is -0.121. The van der Waals surface area contributed by atoms with Gasteiger partial charge in [0.05, 0.1) is 6.61 Å². The third-order valence-electron chi connectivity index (χ3n) is 3.83. The van der Waals surface area contributed by atoms with Gasteiger partial charge in [-0.15, -0.1) is 0 Å². The highest BCUT2D eigenvalue weighted by Gasteiger charge is 2.37. The van der Waals surface area contributed by atoms with E-state index in [0.717, 1.165) is 0 Å². The van der Waals surface area contributed by atoms with Gasteiger partial charge in [0.1, 0.15) is 5.60 Å². The number of ether oxygens (including phenoxy) is 1. The second kappa shape index (κ2) is 7.59. The molecular weight excluding hydrogens is 298 g/mol. The SMILES string of the molecule is CN(CCC(=O)CO[Si](C)(C)C(C)(C)C)C(=O)OC(C)(C)C. The molecule has 1 amide bonds. The Hall–Kier alpha value is -0.883. The molecule has 0 aromatic carbocycles. The van der Waals surface area contributed by atoms with Crippen LogP contribution in [0.25, 0.3) is 0 Å². The Morgan fingerprint density at radius 1 is 1.05 bits per heavy atom. The summed E-state index contributed by atoms with van der Waals surface area (Å²) in [6, 6.07) is 0. The number of nitrogens with zero attached hydrogens (tertiary/aromatic N) is 1. The standard InChI is InChI=1S/C16H33NO4Si/c1-15(2,3)21-14(19)17(7)11-10-13(18)12-20-22(8,9)16(4,5)6/h10-12H2,1-9H3. The Morgan fingerprint density at radius 3 is 1.95 bits per heavy atom. The summed E-state index contributed by atoms with van der Waals surface area (Å²) in [4.78, 5) is 25.2. The Morgan fingerprint density at radius 2 is 1.55 bits per heavy atom. The van der Waals surface area contributed by atoms with Crippen molar-refractivity contribution in [3.8, 4) is 0 Å². The normalized spacial score (nSPS) is 13.0. The van der Waals surface area contributed by atoms with Gasteiger partial charge in [-0.2, -0.15) is 0 Å². The van der Waals surface area contributed by atoms with Gasteiger partial charge in [0, 0.05) is 20.0 Å². The van der Waals surface area contributed by atoms with Gasteiger partial charge in [-0.05, 0) is 38.9 Å². The van der Waals surface area contributed by atoms with Crippen LogP contribution in [0.15, 0.2) is 0 Å². The van der Waals surface area contributed by atoms with E-state index in [1.807, 2.05) is 20.8 Å². The van der Waals surface area contributed by atoms with Crippen LogP contribution < -0.4 is 0 Å². The number of rotatable bonds is 6. The lowest BCUT2D eigenvalue weighted by Gasteiger charge is -2.35. The van der Waals surface area contributed by atoms with Crippen molar-refractivity contribution in [2.45, 2.75) is 71.7 Å². The van der Waals surface area contributed by atoms with Crippen LogP contribution >= 0.6 is 0 Å². The van der Waals surface area contributed by atoms with Crippen molar-refractivity contribution in [1.82, 2.24) is 4.90 Å². The number of amides is 1. The predicted molar refractivity (Wildman–Crippen MR) is 91.6 cm³/mol. The summed E-state index contributed by atoms with van der Waals surface area (Å²) in [5.41, 5.74) is -0.527. The van der Waals surface area contributed by atoms with Gasteiger partial charge < -0.3 is 14.1 Å². The number of carbonyl (C=O) groups excluding carboxylic acids is 2. The van der Waals surface area contributed by atoms with E-state index >= 15 is 0 Å². The molecule has 0 heterocycles. The average molecular weight is 332 g/mol. The Labute approximate surface area is 136 Å². The molecule has 0 aliphatic carbocycles. The fraction of sp³-hybridized carbons (Fsp3) is 0.875. The van der Waals surface area contributed by atoms with Crippen LogP contribution in [0.2, 0.25) is 18.1 Å². The molecule has 0 saturated carbocycles. The first-order chi connectivity index (χ1) is 9.66. The number of hydrogen-bond acceptors (Lipinski definition) is 4.